The summed E-state index contributed by atoms with van der Waals surface area (Å²) in [5.74, 6) is 0. The number of hydrogen-bond acceptors (Lipinski definition) is 2. The molecule has 1 heterocycles. The summed E-state index contributed by atoms with van der Waals surface area (Å²) in [5.41, 5.74) is 9.71. The molecule has 1 aromatic carbocycles. The second-order valence-electron chi connectivity index (χ2n) is 4.38. The van der Waals surface area contributed by atoms with Crippen LogP contribution in [-0.4, -0.2) is 4.98 Å². The van der Waals surface area contributed by atoms with Crippen molar-refractivity contribution in [1.82, 2.24) is 4.98 Å². The van der Waals surface area contributed by atoms with Crippen LogP contribution in [0.2, 0.25) is 0 Å². The fourth-order valence-electron chi connectivity index (χ4n) is 1.88. The summed E-state index contributed by atoms with van der Waals surface area (Å²) in [6.07, 6.45) is 3.68. The zero-order valence-corrected chi connectivity index (χ0v) is 12.0. The maximum atomic E-state index is 6.17. The Kier molecular flexibility index (Phi) is 4.50. The standard InChI is InChI=1S/C15H17BrN2/c1-2-11-3-5-12(6-4-11)9-14(17)15-8-7-13(16)10-18-15/h3-8,10,14H,2,9,17H2,1H3. The van der Waals surface area contributed by atoms with E-state index in [9.17, 15) is 0 Å². The summed E-state index contributed by atoms with van der Waals surface area (Å²) >= 11 is 3.37. The molecule has 2 rings (SSSR count). The highest BCUT2D eigenvalue weighted by molar-refractivity contribution is 9.10. The number of nitrogens with zero attached hydrogens (tertiary/aromatic N) is 1. The highest BCUT2D eigenvalue weighted by atomic mass is 79.9. The molecule has 0 aliphatic carbocycles. The Bertz CT molecular complexity index is 491. The first kappa shape index (κ1) is 13.2. The molecule has 1 aromatic heterocycles. The Morgan fingerprint density at radius 2 is 1.78 bits per heavy atom. The van der Waals surface area contributed by atoms with Gasteiger partial charge in [0.15, 0.2) is 0 Å². The Balaban J connectivity index is 2.05. The van der Waals surface area contributed by atoms with Crippen molar-refractivity contribution in [2.45, 2.75) is 25.8 Å². The van der Waals surface area contributed by atoms with Crippen LogP contribution in [0.4, 0.5) is 0 Å². The molecule has 2 N–H and O–H groups in total. The number of rotatable bonds is 4. The molecular formula is C15H17BrN2. The third-order valence-electron chi connectivity index (χ3n) is 3.02. The van der Waals surface area contributed by atoms with Crippen LogP contribution in [0.3, 0.4) is 0 Å². The smallest absolute Gasteiger partial charge is 0.0575 e. The van der Waals surface area contributed by atoms with Gasteiger partial charge in [-0.05, 0) is 52.0 Å². The van der Waals surface area contributed by atoms with Crippen LogP contribution in [-0.2, 0) is 12.8 Å². The van der Waals surface area contributed by atoms with E-state index in [0.717, 1.165) is 23.0 Å². The van der Waals surface area contributed by atoms with Gasteiger partial charge in [0.05, 0.1) is 11.7 Å². The number of halogens is 1. The molecule has 0 saturated heterocycles. The van der Waals surface area contributed by atoms with Crippen molar-refractivity contribution in [2.75, 3.05) is 0 Å². The Morgan fingerprint density at radius 3 is 2.33 bits per heavy atom. The van der Waals surface area contributed by atoms with Gasteiger partial charge in [0.1, 0.15) is 0 Å². The number of benzene rings is 1. The lowest BCUT2D eigenvalue weighted by Crippen LogP contribution is -2.14. The van der Waals surface area contributed by atoms with Crippen LogP contribution in [0.5, 0.6) is 0 Å². The first-order chi connectivity index (χ1) is 8.69. The van der Waals surface area contributed by atoms with E-state index in [4.69, 9.17) is 5.73 Å². The molecule has 0 fully saturated rings. The Morgan fingerprint density at radius 1 is 1.11 bits per heavy atom. The lowest BCUT2D eigenvalue weighted by molar-refractivity contribution is 0.696. The van der Waals surface area contributed by atoms with Crippen LogP contribution in [0.25, 0.3) is 0 Å². The molecule has 94 valence electrons. The quantitative estimate of drug-likeness (QED) is 0.936. The maximum Gasteiger partial charge on any atom is 0.0575 e. The van der Waals surface area contributed by atoms with Crippen LogP contribution in [0.1, 0.15) is 29.8 Å². The average Bonchev–Trinajstić information content (AvgIpc) is 2.40. The molecule has 18 heavy (non-hydrogen) atoms. The van der Waals surface area contributed by atoms with Gasteiger partial charge in [-0.25, -0.2) is 0 Å². The third kappa shape index (κ3) is 3.40. The largest absolute Gasteiger partial charge is 0.322 e. The Hall–Kier alpha value is -1.19. The molecule has 0 aliphatic rings. The van der Waals surface area contributed by atoms with E-state index in [1.54, 1.807) is 6.20 Å². The van der Waals surface area contributed by atoms with Crippen LogP contribution < -0.4 is 5.73 Å². The molecule has 1 atom stereocenters. The molecule has 2 aromatic rings. The van der Waals surface area contributed by atoms with Crippen LogP contribution >= 0.6 is 15.9 Å². The lowest BCUT2D eigenvalue weighted by Gasteiger charge is -2.11. The van der Waals surface area contributed by atoms with Gasteiger partial charge in [-0.3, -0.25) is 4.98 Å². The molecule has 1 unspecified atom stereocenters. The van der Waals surface area contributed by atoms with Crippen molar-refractivity contribution in [3.05, 3.63) is 63.9 Å². The maximum absolute atomic E-state index is 6.17. The summed E-state index contributed by atoms with van der Waals surface area (Å²) < 4.78 is 0.978. The molecule has 0 aliphatic heterocycles. The molecule has 0 amide bonds. The fraction of sp³-hybridized carbons (Fsp3) is 0.267. The van der Waals surface area contributed by atoms with Crippen molar-refractivity contribution in [2.24, 2.45) is 5.73 Å². The summed E-state index contributed by atoms with van der Waals surface area (Å²) in [5, 5.41) is 0. The van der Waals surface area contributed by atoms with Crippen molar-refractivity contribution < 1.29 is 0 Å². The molecule has 3 heteroatoms. The molecule has 0 radical (unpaired) electrons. The minimum atomic E-state index is -0.0504. The SMILES string of the molecule is CCc1ccc(CC(N)c2ccc(Br)cn2)cc1. The number of hydrogen-bond donors (Lipinski definition) is 1. The fourth-order valence-corrected chi connectivity index (χ4v) is 2.11. The second kappa shape index (κ2) is 6.12. The van der Waals surface area contributed by atoms with E-state index < -0.39 is 0 Å². The number of aromatic nitrogens is 1. The predicted molar refractivity (Wildman–Crippen MR) is 78.4 cm³/mol. The van der Waals surface area contributed by atoms with Gasteiger partial charge in [-0.1, -0.05) is 31.2 Å². The normalized spacial score (nSPS) is 12.4. The van der Waals surface area contributed by atoms with Gasteiger partial charge in [0, 0.05) is 10.7 Å². The highest BCUT2D eigenvalue weighted by Gasteiger charge is 2.08. The number of nitrogens with two attached hydrogens (primary N) is 1. The number of aryl methyl sites for hydroxylation is 1. The average molecular weight is 305 g/mol. The molecule has 2 nitrogen and oxygen atoms in total. The van der Waals surface area contributed by atoms with E-state index >= 15 is 0 Å². The molecule has 0 saturated carbocycles. The summed E-state index contributed by atoms with van der Waals surface area (Å²) in [4.78, 5) is 4.34. The van der Waals surface area contributed by atoms with Crippen molar-refractivity contribution in [3.8, 4) is 0 Å². The van der Waals surface area contributed by atoms with E-state index in [0.29, 0.717) is 0 Å². The molecule has 0 bridgehead atoms. The zero-order valence-electron chi connectivity index (χ0n) is 10.4. The predicted octanol–water partition coefficient (Wildman–Crippen LogP) is 3.65. The van der Waals surface area contributed by atoms with Gasteiger partial charge in [0.25, 0.3) is 0 Å². The number of pyridine rings is 1. The molecule has 0 spiro atoms. The van der Waals surface area contributed by atoms with Crippen molar-refractivity contribution >= 4 is 15.9 Å². The monoisotopic (exact) mass is 304 g/mol. The highest BCUT2D eigenvalue weighted by Crippen LogP contribution is 2.16. The first-order valence-corrected chi connectivity index (χ1v) is 6.93. The summed E-state index contributed by atoms with van der Waals surface area (Å²) in [6.45, 7) is 2.16. The van der Waals surface area contributed by atoms with Crippen LogP contribution in [0.15, 0.2) is 47.1 Å². The minimum absolute atomic E-state index is 0.0504. The van der Waals surface area contributed by atoms with E-state index in [1.807, 2.05) is 12.1 Å². The van der Waals surface area contributed by atoms with E-state index in [-0.39, 0.29) is 6.04 Å². The molecular weight excluding hydrogens is 288 g/mol. The minimum Gasteiger partial charge on any atom is -0.322 e. The van der Waals surface area contributed by atoms with E-state index in [2.05, 4.69) is 52.1 Å². The van der Waals surface area contributed by atoms with Gasteiger partial charge in [0.2, 0.25) is 0 Å². The van der Waals surface area contributed by atoms with Gasteiger partial charge < -0.3 is 5.73 Å². The van der Waals surface area contributed by atoms with Gasteiger partial charge in [-0.15, -0.1) is 0 Å². The third-order valence-corrected chi connectivity index (χ3v) is 3.49. The topological polar surface area (TPSA) is 38.9 Å². The summed E-state index contributed by atoms with van der Waals surface area (Å²) in [7, 11) is 0. The zero-order chi connectivity index (χ0) is 13.0. The van der Waals surface area contributed by atoms with Crippen molar-refractivity contribution in [1.29, 1.82) is 0 Å². The van der Waals surface area contributed by atoms with E-state index in [1.165, 1.54) is 11.1 Å². The second-order valence-corrected chi connectivity index (χ2v) is 5.30. The summed E-state index contributed by atoms with van der Waals surface area (Å²) in [6, 6.07) is 12.5. The first-order valence-electron chi connectivity index (χ1n) is 6.14. The Labute approximate surface area is 116 Å². The van der Waals surface area contributed by atoms with Crippen molar-refractivity contribution in [3.63, 3.8) is 0 Å². The lowest BCUT2D eigenvalue weighted by atomic mass is 10.0. The van der Waals surface area contributed by atoms with Gasteiger partial charge >= 0.3 is 0 Å². The van der Waals surface area contributed by atoms with Gasteiger partial charge in [-0.2, -0.15) is 0 Å². The van der Waals surface area contributed by atoms with Crippen LogP contribution in [0, 0.1) is 0 Å².